The van der Waals surface area contributed by atoms with Crippen LogP contribution in [0.1, 0.15) is 0 Å². The van der Waals surface area contributed by atoms with Crippen LogP contribution in [0.3, 0.4) is 0 Å². The van der Waals surface area contributed by atoms with Crippen LogP contribution in [0.25, 0.3) is 0 Å². The van der Waals surface area contributed by atoms with Crippen LogP contribution in [0.15, 0.2) is 6.20 Å². The van der Waals surface area contributed by atoms with Crippen molar-refractivity contribution >= 4 is 23.4 Å². The fourth-order valence-electron chi connectivity index (χ4n) is 1.03. The van der Waals surface area contributed by atoms with Gasteiger partial charge >= 0.3 is 0 Å². The second-order valence-electron chi connectivity index (χ2n) is 3.03. The highest BCUT2D eigenvalue weighted by atomic mass is 35.5. The van der Waals surface area contributed by atoms with Gasteiger partial charge in [-0.15, -0.1) is 0 Å². The molecule has 17 heavy (non-hydrogen) atoms. The Hall–Kier alpha value is -1.21. The van der Waals surface area contributed by atoms with E-state index in [2.05, 4.69) is 20.6 Å². The lowest BCUT2D eigenvalue weighted by molar-refractivity contribution is 0.0215. The van der Waals surface area contributed by atoms with Crippen LogP contribution in [0.5, 0.6) is 0 Å². The predicted octanol–water partition coefficient (Wildman–Crippen LogP) is 1.87. The normalized spacial score (nSPS) is 10.6. The summed E-state index contributed by atoms with van der Waals surface area (Å²) in [5, 5.41) is 5.99. The van der Waals surface area contributed by atoms with Crippen molar-refractivity contribution in [1.82, 2.24) is 9.97 Å². The zero-order valence-electron chi connectivity index (χ0n) is 9.21. The molecule has 0 aliphatic rings. The third-order valence-electron chi connectivity index (χ3n) is 1.75. The van der Waals surface area contributed by atoms with E-state index in [4.69, 9.17) is 16.3 Å². The average Bonchev–Trinajstić information content (AvgIpc) is 2.30. The zero-order valence-corrected chi connectivity index (χ0v) is 9.97. The lowest BCUT2D eigenvalue weighted by Crippen LogP contribution is -2.14. The molecule has 2 N–H and O–H groups in total. The number of ether oxygens (including phenoxy) is 1. The molecule has 0 unspecified atom stereocenters. The summed E-state index contributed by atoms with van der Waals surface area (Å²) in [5.74, 6) is 0.858. The maximum absolute atomic E-state index is 11.8. The van der Waals surface area contributed by atoms with E-state index in [0.717, 1.165) is 0 Å². The average molecular weight is 267 g/mol. The quantitative estimate of drug-likeness (QED) is 0.738. The molecule has 0 spiro atoms. The molecular weight excluding hydrogens is 254 g/mol. The second kappa shape index (κ2) is 7.18. The first-order chi connectivity index (χ1) is 8.13. The van der Waals surface area contributed by atoms with Gasteiger partial charge in [0.05, 0.1) is 12.8 Å². The first-order valence-corrected chi connectivity index (χ1v) is 5.31. The standard InChI is InChI=1S/C9H13ClF2N4O/c1-13-9-15-4-6(10)8(16-9)14-2-3-17-5-7(11)12/h4,7H,2-3,5H2,1H3,(H2,13,14,15,16). The molecule has 5 nitrogen and oxygen atoms in total. The van der Waals surface area contributed by atoms with Gasteiger partial charge in [-0.25, -0.2) is 13.8 Å². The van der Waals surface area contributed by atoms with E-state index in [0.29, 0.717) is 23.3 Å². The Bertz CT molecular complexity index is 354. The minimum atomic E-state index is -2.45. The number of aromatic nitrogens is 2. The summed E-state index contributed by atoms with van der Waals surface area (Å²) < 4.78 is 28.2. The van der Waals surface area contributed by atoms with Crippen LogP contribution in [-0.4, -0.2) is 43.2 Å². The molecule has 0 fully saturated rings. The van der Waals surface area contributed by atoms with Gasteiger partial charge in [-0.1, -0.05) is 11.6 Å². The molecule has 1 rings (SSSR count). The maximum atomic E-state index is 11.8. The molecule has 0 bridgehead atoms. The Labute approximate surface area is 103 Å². The summed E-state index contributed by atoms with van der Waals surface area (Å²) in [5.41, 5.74) is 0. The van der Waals surface area contributed by atoms with Crippen molar-refractivity contribution in [3.8, 4) is 0 Å². The number of halogens is 3. The first-order valence-electron chi connectivity index (χ1n) is 4.93. The fraction of sp³-hybridized carbons (Fsp3) is 0.556. The summed E-state index contributed by atoms with van der Waals surface area (Å²) in [6.45, 7) is -0.0763. The van der Waals surface area contributed by atoms with Crippen LogP contribution in [0.2, 0.25) is 5.02 Å². The van der Waals surface area contributed by atoms with Crippen LogP contribution in [0.4, 0.5) is 20.5 Å². The minimum absolute atomic E-state index is 0.152. The number of hydrogen-bond donors (Lipinski definition) is 2. The third-order valence-corrected chi connectivity index (χ3v) is 2.03. The highest BCUT2D eigenvalue weighted by Crippen LogP contribution is 2.18. The molecule has 0 aliphatic heterocycles. The van der Waals surface area contributed by atoms with Gasteiger partial charge < -0.3 is 15.4 Å². The van der Waals surface area contributed by atoms with Gasteiger partial charge in [0.25, 0.3) is 6.43 Å². The van der Waals surface area contributed by atoms with Crippen molar-refractivity contribution in [2.24, 2.45) is 0 Å². The van der Waals surface area contributed by atoms with E-state index < -0.39 is 13.0 Å². The number of rotatable bonds is 7. The van der Waals surface area contributed by atoms with E-state index in [1.54, 1.807) is 7.05 Å². The Morgan fingerprint density at radius 3 is 2.94 bits per heavy atom. The Kier molecular flexibility index (Phi) is 5.85. The van der Waals surface area contributed by atoms with Crippen LogP contribution >= 0.6 is 11.6 Å². The largest absolute Gasteiger partial charge is 0.374 e. The van der Waals surface area contributed by atoms with E-state index in [9.17, 15) is 8.78 Å². The van der Waals surface area contributed by atoms with Crippen LogP contribution < -0.4 is 10.6 Å². The van der Waals surface area contributed by atoms with Crippen LogP contribution in [0, 0.1) is 0 Å². The number of nitrogens with one attached hydrogen (secondary N) is 2. The van der Waals surface area contributed by atoms with Crippen molar-refractivity contribution in [2.75, 3.05) is 37.4 Å². The predicted molar refractivity (Wildman–Crippen MR) is 61.9 cm³/mol. The first kappa shape index (κ1) is 13.9. The summed E-state index contributed by atoms with van der Waals surface area (Å²) in [4.78, 5) is 7.95. The molecule has 8 heteroatoms. The number of nitrogens with zero attached hydrogens (tertiary/aromatic N) is 2. The lowest BCUT2D eigenvalue weighted by Gasteiger charge is -2.08. The van der Waals surface area contributed by atoms with E-state index in [1.165, 1.54) is 6.20 Å². The van der Waals surface area contributed by atoms with Crippen LogP contribution in [-0.2, 0) is 4.74 Å². The second-order valence-corrected chi connectivity index (χ2v) is 3.44. The monoisotopic (exact) mass is 266 g/mol. The number of anilines is 2. The van der Waals surface area contributed by atoms with Gasteiger partial charge in [0.2, 0.25) is 5.95 Å². The van der Waals surface area contributed by atoms with Gasteiger partial charge in [0.15, 0.2) is 5.82 Å². The smallest absolute Gasteiger partial charge is 0.261 e. The van der Waals surface area contributed by atoms with Gasteiger partial charge in [-0.05, 0) is 0 Å². The van der Waals surface area contributed by atoms with Gasteiger partial charge in [0.1, 0.15) is 11.6 Å². The van der Waals surface area contributed by atoms with E-state index >= 15 is 0 Å². The highest BCUT2D eigenvalue weighted by molar-refractivity contribution is 6.32. The van der Waals surface area contributed by atoms with Crippen molar-refractivity contribution in [2.45, 2.75) is 6.43 Å². The molecule has 0 atom stereocenters. The molecular formula is C9H13ClF2N4O. The van der Waals surface area contributed by atoms with Crippen molar-refractivity contribution in [3.63, 3.8) is 0 Å². The number of hydrogen-bond acceptors (Lipinski definition) is 5. The fourth-order valence-corrected chi connectivity index (χ4v) is 1.18. The minimum Gasteiger partial charge on any atom is -0.374 e. The van der Waals surface area contributed by atoms with Crippen molar-refractivity contribution in [1.29, 1.82) is 0 Å². The SMILES string of the molecule is CNc1ncc(Cl)c(NCCOCC(F)F)n1. The third kappa shape index (κ3) is 5.10. The molecule has 1 aromatic heterocycles. The molecule has 1 aromatic rings. The molecule has 0 aromatic carbocycles. The molecule has 0 saturated heterocycles. The Morgan fingerprint density at radius 2 is 2.29 bits per heavy atom. The summed E-state index contributed by atoms with van der Waals surface area (Å²) in [6.07, 6.45) is -1.00. The zero-order chi connectivity index (χ0) is 12.7. The van der Waals surface area contributed by atoms with Crippen molar-refractivity contribution < 1.29 is 13.5 Å². The summed E-state index contributed by atoms with van der Waals surface area (Å²) >= 11 is 5.84. The molecule has 0 amide bonds. The number of alkyl halides is 2. The topological polar surface area (TPSA) is 59.1 Å². The molecule has 0 aliphatic carbocycles. The Morgan fingerprint density at radius 1 is 1.53 bits per heavy atom. The highest BCUT2D eigenvalue weighted by Gasteiger charge is 2.04. The van der Waals surface area contributed by atoms with Gasteiger partial charge in [-0.2, -0.15) is 4.98 Å². The van der Waals surface area contributed by atoms with E-state index in [1.807, 2.05) is 0 Å². The Balaban J connectivity index is 2.35. The molecule has 96 valence electrons. The molecule has 0 saturated carbocycles. The maximum Gasteiger partial charge on any atom is 0.261 e. The van der Waals surface area contributed by atoms with Crippen molar-refractivity contribution in [3.05, 3.63) is 11.2 Å². The molecule has 0 radical (unpaired) electrons. The van der Waals surface area contributed by atoms with E-state index in [-0.39, 0.29) is 6.61 Å². The lowest BCUT2D eigenvalue weighted by atomic mass is 10.5. The van der Waals surface area contributed by atoms with Gasteiger partial charge in [0, 0.05) is 13.6 Å². The molecule has 1 heterocycles. The summed E-state index contributed by atoms with van der Waals surface area (Å²) in [7, 11) is 1.68. The summed E-state index contributed by atoms with van der Waals surface area (Å²) in [6, 6.07) is 0. The van der Waals surface area contributed by atoms with Gasteiger partial charge in [-0.3, -0.25) is 0 Å².